The number of piperidine rings is 1. The van der Waals surface area contributed by atoms with Crippen molar-refractivity contribution in [3.05, 3.63) is 53.0 Å². The lowest BCUT2D eigenvalue weighted by Crippen LogP contribution is -2.42. The second-order valence-corrected chi connectivity index (χ2v) is 9.44. The molecule has 5 nitrogen and oxygen atoms in total. The molecule has 1 saturated heterocycles. The van der Waals surface area contributed by atoms with E-state index in [0.29, 0.717) is 25.0 Å². The molecule has 0 N–H and O–H groups in total. The molecule has 2 aromatic rings. The van der Waals surface area contributed by atoms with Gasteiger partial charge in [-0.1, -0.05) is 49.6 Å². The van der Waals surface area contributed by atoms with Gasteiger partial charge in [-0.3, -0.25) is 14.6 Å². The summed E-state index contributed by atoms with van der Waals surface area (Å²) in [6.07, 6.45) is 11.1. The molecular weight excluding hydrogens is 384 g/mol. The molecule has 1 aromatic carbocycles. The van der Waals surface area contributed by atoms with Crippen LogP contribution in [0.5, 0.6) is 0 Å². The Kier molecular flexibility index (Phi) is 6.04. The van der Waals surface area contributed by atoms with Gasteiger partial charge in [0.15, 0.2) is 0 Å². The summed E-state index contributed by atoms with van der Waals surface area (Å²) in [7, 11) is 0. The van der Waals surface area contributed by atoms with Crippen LogP contribution in [0.3, 0.4) is 0 Å². The van der Waals surface area contributed by atoms with Crippen LogP contribution in [0.4, 0.5) is 5.82 Å². The van der Waals surface area contributed by atoms with E-state index in [4.69, 9.17) is 9.97 Å². The van der Waals surface area contributed by atoms with Crippen LogP contribution in [0.1, 0.15) is 80.1 Å². The van der Waals surface area contributed by atoms with E-state index in [1.54, 1.807) is 0 Å². The quantitative estimate of drug-likeness (QED) is 0.701. The van der Waals surface area contributed by atoms with Crippen molar-refractivity contribution in [1.82, 2.24) is 14.9 Å². The van der Waals surface area contributed by atoms with Gasteiger partial charge in [-0.2, -0.15) is 0 Å². The topological polar surface area (TPSA) is 49.3 Å². The van der Waals surface area contributed by atoms with E-state index in [1.807, 2.05) is 11.0 Å². The summed E-state index contributed by atoms with van der Waals surface area (Å²) in [5.74, 6) is 2.03. The SMILES string of the molecule is Cc1nc([C@@H]2CCCCN2C2CCCC2)nc2c1CCC(=O)N2CCc1ccccc1. The molecule has 1 amide bonds. The van der Waals surface area contributed by atoms with E-state index in [0.717, 1.165) is 43.1 Å². The van der Waals surface area contributed by atoms with Crippen LogP contribution < -0.4 is 4.90 Å². The monoisotopic (exact) mass is 418 g/mol. The Bertz CT molecular complexity index is 923. The van der Waals surface area contributed by atoms with Gasteiger partial charge < -0.3 is 0 Å². The van der Waals surface area contributed by atoms with Crippen molar-refractivity contribution < 1.29 is 4.79 Å². The molecule has 1 aliphatic carbocycles. The summed E-state index contributed by atoms with van der Waals surface area (Å²) < 4.78 is 0. The maximum Gasteiger partial charge on any atom is 0.228 e. The molecule has 0 radical (unpaired) electrons. The molecule has 1 saturated carbocycles. The number of carbonyl (C=O) groups is 1. The summed E-state index contributed by atoms with van der Waals surface area (Å²) in [5, 5.41) is 0. The van der Waals surface area contributed by atoms with Gasteiger partial charge >= 0.3 is 0 Å². The highest BCUT2D eigenvalue weighted by molar-refractivity contribution is 5.95. The number of amides is 1. The standard InChI is InChI=1S/C26H34N4O/c1-19-22-14-15-24(31)30(18-16-20-9-3-2-4-10-20)26(22)28-25(27-19)23-13-7-8-17-29(23)21-11-5-6-12-21/h2-4,9-10,21,23H,5-8,11-18H2,1H3/t23-/m0/s1. The molecule has 2 aliphatic heterocycles. The van der Waals surface area contributed by atoms with Gasteiger partial charge in [-0.15, -0.1) is 0 Å². The lowest BCUT2D eigenvalue weighted by atomic mass is 9.97. The first kappa shape index (κ1) is 20.6. The van der Waals surface area contributed by atoms with Crippen LogP contribution in [0, 0.1) is 6.92 Å². The Morgan fingerprint density at radius 3 is 2.55 bits per heavy atom. The minimum Gasteiger partial charge on any atom is -0.296 e. The number of fused-ring (bicyclic) bond motifs is 1. The number of aromatic nitrogens is 2. The van der Waals surface area contributed by atoms with Gasteiger partial charge in [-0.25, -0.2) is 9.97 Å². The fraction of sp³-hybridized carbons (Fsp3) is 0.577. The van der Waals surface area contributed by atoms with E-state index < -0.39 is 0 Å². The van der Waals surface area contributed by atoms with E-state index in [9.17, 15) is 4.79 Å². The lowest BCUT2D eigenvalue weighted by Gasteiger charge is -2.39. The average molecular weight is 419 g/mol. The van der Waals surface area contributed by atoms with Crippen molar-refractivity contribution >= 4 is 11.7 Å². The normalized spacial score (nSPS) is 22.7. The van der Waals surface area contributed by atoms with Gasteiger partial charge in [-0.05, 0) is 57.6 Å². The van der Waals surface area contributed by atoms with E-state index in [1.165, 1.54) is 49.7 Å². The van der Waals surface area contributed by atoms with Gasteiger partial charge in [0, 0.05) is 30.3 Å². The first-order valence-corrected chi connectivity index (χ1v) is 12.2. The molecule has 1 aromatic heterocycles. The molecule has 0 bridgehead atoms. The molecular formula is C26H34N4O. The number of anilines is 1. The smallest absolute Gasteiger partial charge is 0.228 e. The fourth-order valence-electron chi connectivity index (χ4n) is 5.77. The van der Waals surface area contributed by atoms with Crippen LogP contribution in [0.25, 0.3) is 0 Å². The van der Waals surface area contributed by atoms with Gasteiger partial charge in [0.1, 0.15) is 11.6 Å². The van der Waals surface area contributed by atoms with Crippen molar-refractivity contribution in [3.63, 3.8) is 0 Å². The van der Waals surface area contributed by atoms with Crippen molar-refractivity contribution in [1.29, 1.82) is 0 Å². The molecule has 3 aliphatic rings. The molecule has 164 valence electrons. The van der Waals surface area contributed by atoms with Gasteiger partial charge in [0.2, 0.25) is 5.91 Å². The van der Waals surface area contributed by atoms with Crippen molar-refractivity contribution in [2.24, 2.45) is 0 Å². The number of rotatable bonds is 5. The Morgan fingerprint density at radius 2 is 1.74 bits per heavy atom. The number of aryl methyl sites for hydroxylation is 1. The zero-order chi connectivity index (χ0) is 21.2. The highest BCUT2D eigenvalue weighted by atomic mass is 16.2. The summed E-state index contributed by atoms with van der Waals surface area (Å²) in [5.41, 5.74) is 3.49. The zero-order valence-electron chi connectivity index (χ0n) is 18.7. The largest absolute Gasteiger partial charge is 0.296 e. The first-order valence-electron chi connectivity index (χ1n) is 12.2. The second-order valence-electron chi connectivity index (χ2n) is 9.44. The highest BCUT2D eigenvalue weighted by Gasteiger charge is 2.35. The van der Waals surface area contributed by atoms with E-state index >= 15 is 0 Å². The molecule has 3 heterocycles. The summed E-state index contributed by atoms with van der Waals surface area (Å²) in [4.78, 5) is 27.7. The van der Waals surface area contributed by atoms with Crippen LogP contribution >= 0.6 is 0 Å². The average Bonchev–Trinajstić information content (AvgIpc) is 3.34. The lowest BCUT2D eigenvalue weighted by molar-refractivity contribution is -0.118. The Labute approximate surface area is 185 Å². The number of hydrogen-bond acceptors (Lipinski definition) is 4. The third-order valence-corrected chi connectivity index (χ3v) is 7.46. The molecule has 5 heteroatoms. The van der Waals surface area contributed by atoms with Crippen molar-refractivity contribution in [2.45, 2.75) is 83.2 Å². The Hall–Kier alpha value is -2.27. The highest BCUT2D eigenvalue weighted by Crippen LogP contribution is 2.38. The predicted molar refractivity (Wildman–Crippen MR) is 123 cm³/mol. The van der Waals surface area contributed by atoms with Crippen LogP contribution in [0.2, 0.25) is 0 Å². The van der Waals surface area contributed by atoms with Crippen LogP contribution in [-0.4, -0.2) is 39.9 Å². The summed E-state index contributed by atoms with van der Waals surface area (Å²) in [6.45, 7) is 3.95. The van der Waals surface area contributed by atoms with E-state index in [-0.39, 0.29) is 5.91 Å². The Balaban J connectivity index is 1.44. The molecule has 5 rings (SSSR count). The second kappa shape index (κ2) is 9.07. The number of carbonyl (C=O) groups excluding carboxylic acids is 1. The zero-order valence-corrected chi connectivity index (χ0v) is 18.7. The number of nitrogens with zero attached hydrogens (tertiary/aromatic N) is 4. The van der Waals surface area contributed by atoms with E-state index in [2.05, 4.69) is 36.1 Å². The number of hydrogen-bond donors (Lipinski definition) is 0. The first-order chi connectivity index (χ1) is 15.2. The minimum atomic E-state index is 0.198. The predicted octanol–water partition coefficient (Wildman–Crippen LogP) is 4.78. The van der Waals surface area contributed by atoms with Gasteiger partial charge in [0.05, 0.1) is 6.04 Å². The summed E-state index contributed by atoms with van der Waals surface area (Å²) >= 11 is 0. The molecule has 1 atom stereocenters. The number of likely N-dealkylation sites (tertiary alicyclic amines) is 1. The van der Waals surface area contributed by atoms with Gasteiger partial charge in [0.25, 0.3) is 0 Å². The van der Waals surface area contributed by atoms with Crippen molar-refractivity contribution in [3.8, 4) is 0 Å². The number of benzene rings is 1. The Morgan fingerprint density at radius 1 is 0.968 bits per heavy atom. The molecule has 0 unspecified atom stereocenters. The molecule has 0 spiro atoms. The summed E-state index contributed by atoms with van der Waals surface area (Å²) in [6, 6.07) is 11.4. The van der Waals surface area contributed by atoms with Crippen LogP contribution in [-0.2, 0) is 17.6 Å². The third-order valence-electron chi connectivity index (χ3n) is 7.46. The van der Waals surface area contributed by atoms with Crippen molar-refractivity contribution in [2.75, 3.05) is 18.0 Å². The molecule has 31 heavy (non-hydrogen) atoms. The molecule has 2 fully saturated rings. The maximum absolute atomic E-state index is 12.9. The minimum absolute atomic E-state index is 0.198. The maximum atomic E-state index is 12.9. The fourth-order valence-corrected chi connectivity index (χ4v) is 5.77. The third kappa shape index (κ3) is 4.25. The van der Waals surface area contributed by atoms with Crippen LogP contribution in [0.15, 0.2) is 30.3 Å².